The Kier molecular flexibility index (Phi) is 8.29. The van der Waals surface area contributed by atoms with Crippen molar-refractivity contribution in [2.75, 3.05) is 58.3 Å². The highest BCUT2D eigenvalue weighted by atomic mass is 32.2. The van der Waals surface area contributed by atoms with E-state index in [9.17, 15) is 8.42 Å². The maximum absolute atomic E-state index is 11.9. The molecule has 9 nitrogen and oxygen atoms in total. The molecular weight excluding hydrogens is 482 g/mol. The molecule has 2 heterocycles. The van der Waals surface area contributed by atoms with E-state index in [1.54, 1.807) is 32.4 Å². The molecule has 0 saturated carbocycles. The van der Waals surface area contributed by atoms with E-state index in [0.29, 0.717) is 23.6 Å². The second-order valence-electron chi connectivity index (χ2n) is 8.42. The third-order valence-corrected chi connectivity index (χ3v) is 6.30. The Morgan fingerprint density at radius 1 is 0.861 bits per heavy atom. The van der Waals surface area contributed by atoms with E-state index in [2.05, 4.69) is 15.9 Å². The van der Waals surface area contributed by atoms with Gasteiger partial charge in [-0.25, -0.2) is 4.98 Å². The number of hydrogen-bond acceptors (Lipinski definition) is 9. The average Bonchev–Trinajstić information content (AvgIpc) is 2.88. The van der Waals surface area contributed by atoms with E-state index in [1.165, 1.54) is 0 Å². The lowest BCUT2D eigenvalue weighted by Gasteiger charge is -2.36. The second-order valence-corrected chi connectivity index (χ2v) is 9.99. The number of rotatable bonds is 10. The Morgan fingerprint density at radius 3 is 2.25 bits per heavy atom. The molecular formula is C26H31N3O6S. The Balaban J connectivity index is 1.51. The van der Waals surface area contributed by atoms with Crippen LogP contribution in [0.2, 0.25) is 0 Å². The summed E-state index contributed by atoms with van der Waals surface area (Å²) in [5, 5.41) is 0. The smallest absolute Gasteiger partial charge is 0.306 e. The third-order valence-electron chi connectivity index (χ3n) is 5.82. The molecule has 0 spiro atoms. The third kappa shape index (κ3) is 6.45. The van der Waals surface area contributed by atoms with Crippen LogP contribution in [0.15, 0.2) is 60.7 Å². The van der Waals surface area contributed by atoms with Gasteiger partial charge in [0.25, 0.3) is 0 Å². The number of para-hydroxylation sites is 3. The van der Waals surface area contributed by atoms with Crippen molar-refractivity contribution in [3.8, 4) is 28.5 Å². The van der Waals surface area contributed by atoms with Crippen molar-refractivity contribution in [3.63, 3.8) is 0 Å². The van der Waals surface area contributed by atoms with Crippen molar-refractivity contribution in [1.82, 2.24) is 9.88 Å². The van der Waals surface area contributed by atoms with Gasteiger partial charge in [-0.3, -0.25) is 4.90 Å². The van der Waals surface area contributed by atoms with E-state index in [1.807, 2.05) is 36.4 Å². The minimum absolute atomic E-state index is 0.170. The highest BCUT2D eigenvalue weighted by molar-refractivity contribution is 7.86. The van der Waals surface area contributed by atoms with Gasteiger partial charge in [0, 0.05) is 45.4 Å². The van der Waals surface area contributed by atoms with Crippen LogP contribution >= 0.6 is 0 Å². The first-order chi connectivity index (χ1) is 17.4. The van der Waals surface area contributed by atoms with E-state index < -0.39 is 10.1 Å². The summed E-state index contributed by atoms with van der Waals surface area (Å²) in [5.74, 6) is 1.56. The summed E-state index contributed by atoms with van der Waals surface area (Å²) in [6.07, 6.45) is 1.02. The standard InChI is InChI=1S/C26H31N3O6S/c1-32-19-34-24-11-7-5-9-22(24)29-16-14-28(15-17-29)18-20-12-13-25(35-36(3,30)31)26(27-20)21-8-4-6-10-23(21)33-2/h4-13H,14-19H2,1-3H3. The molecule has 0 unspecified atom stereocenters. The molecule has 1 aliphatic rings. The van der Waals surface area contributed by atoms with Crippen LogP contribution in [0, 0.1) is 0 Å². The van der Waals surface area contributed by atoms with Gasteiger partial charge in [-0.05, 0) is 36.4 Å². The van der Waals surface area contributed by atoms with Gasteiger partial charge in [0.2, 0.25) is 0 Å². The molecule has 36 heavy (non-hydrogen) atoms. The van der Waals surface area contributed by atoms with Crippen molar-refractivity contribution >= 4 is 15.8 Å². The fourth-order valence-electron chi connectivity index (χ4n) is 4.18. The average molecular weight is 514 g/mol. The highest BCUT2D eigenvalue weighted by Gasteiger charge is 2.22. The van der Waals surface area contributed by atoms with Crippen molar-refractivity contribution < 1.29 is 26.8 Å². The quantitative estimate of drug-likeness (QED) is 0.299. The first-order valence-electron chi connectivity index (χ1n) is 11.6. The summed E-state index contributed by atoms with van der Waals surface area (Å²) in [4.78, 5) is 9.42. The van der Waals surface area contributed by atoms with Crippen LogP contribution in [0.3, 0.4) is 0 Å². The molecule has 10 heteroatoms. The molecule has 1 aliphatic heterocycles. The van der Waals surface area contributed by atoms with Crippen molar-refractivity contribution in [1.29, 1.82) is 0 Å². The van der Waals surface area contributed by atoms with Crippen LogP contribution in [-0.4, -0.2) is 71.7 Å². The topological polar surface area (TPSA) is 90.4 Å². The maximum atomic E-state index is 11.9. The zero-order valence-corrected chi connectivity index (χ0v) is 21.5. The number of ether oxygens (including phenoxy) is 3. The van der Waals surface area contributed by atoms with Crippen LogP contribution < -0.4 is 18.6 Å². The monoisotopic (exact) mass is 513 g/mol. The molecule has 0 radical (unpaired) electrons. The minimum atomic E-state index is -3.72. The summed E-state index contributed by atoms with van der Waals surface area (Å²) >= 11 is 0. The van der Waals surface area contributed by atoms with Crippen LogP contribution in [0.5, 0.6) is 17.2 Å². The fraction of sp³-hybridized carbons (Fsp3) is 0.346. The number of aromatic nitrogens is 1. The number of benzene rings is 2. The Morgan fingerprint density at radius 2 is 1.56 bits per heavy atom. The van der Waals surface area contributed by atoms with E-state index in [-0.39, 0.29) is 12.5 Å². The summed E-state index contributed by atoms with van der Waals surface area (Å²) < 4.78 is 45.2. The van der Waals surface area contributed by atoms with Crippen LogP contribution in [-0.2, 0) is 21.4 Å². The molecule has 0 amide bonds. The Hall–Kier alpha value is -3.34. The molecule has 192 valence electrons. The zero-order valence-electron chi connectivity index (χ0n) is 20.7. The first-order valence-corrected chi connectivity index (χ1v) is 13.4. The molecule has 0 atom stereocenters. The lowest BCUT2D eigenvalue weighted by molar-refractivity contribution is 0.0513. The number of pyridine rings is 1. The molecule has 1 aromatic heterocycles. The van der Waals surface area contributed by atoms with E-state index >= 15 is 0 Å². The zero-order chi connectivity index (χ0) is 25.5. The van der Waals surface area contributed by atoms with E-state index in [4.69, 9.17) is 23.4 Å². The molecule has 2 aromatic carbocycles. The van der Waals surface area contributed by atoms with Crippen LogP contribution in [0.4, 0.5) is 5.69 Å². The number of anilines is 1. The molecule has 4 rings (SSSR count). The predicted molar refractivity (Wildman–Crippen MR) is 138 cm³/mol. The van der Waals surface area contributed by atoms with Crippen LogP contribution in [0.25, 0.3) is 11.3 Å². The molecule has 1 fully saturated rings. The SMILES string of the molecule is COCOc1ccccc1N1CCN(Cc2ccc(OS(C)(=O)=O)c(-c3ccccc3OC)n2)CC1. The largest absolute Gasteiger partial charge is 0.496 e. The fourth-order valence-corrected chi connectivity index (χ4v) is 4.64. The van der Waals surface area contributed by atoms with Crippen LogP contribution in [0.1, 0.15) is 5.69 Å². The van der Waals surface area contributed by atoms with Gasteiger partial charge in [-0.15, -0.1) is 0 Å². The summed E-state index contributed by atoms with van der Waals surface area (Å²) in [7, 11) is -0.551. The molecule has 1 saturated heterocycles. The normalized spacial score (nSPS) is 14.5. The maximum Gasteiger partial charge on any atom is 0.306 e. The highest BCUT2D eigenvalue weighted by Crippen LogP contribution is 2.36. The van der Waals surface area contributed by atoms with Gasteiger partial charge in [0.05, 0.1) is 24.7 Å². The molecule has 3 aromatic rings. The number of methoxy groups -OCH3 is 2. The van der Waals surface area contributed by atoms with Crippen molar-refractivity contribution in [2.45, 2.75) is 6.54 Å². The number of hydrogen-bond donors (Lipinski definition) is 0. The first kappa shape index (κ1) is 25.7. The minimum Gasteiger partial charge on any atom is -0.496 e. The van der Waals surface area contributed by atoms with Gasteiger partial charge in [-0.1, -0.05) is 24.3 Å². The van der Waals surface area contributed by atoms with Crippen molar-refractivity contribution in [3.05, 3.63) is 66.4 Å². The van der Waals surface area contributed by atoms with Gasteiger partial charge in [0.15, 0.2) is 12.5 Å². The molecule has 0 N–H and O–H groups in total. The lowest BCUT2D eigenvalue weighted by Crippen LogP contribution is -2.46. The summed E-state index contributed by atoms with van der Waals surface area (Å²) in [5.41, 5.74) is 2.96. The molecule has 0 bridgehead atoms. The lowest BCUT2D eigenvalue weighted by atomic mass is 10.1. The van der Waals surface area contributed by atoms with Gasteiger partial charge in [-0.2, -0.15) is 8.42 Å². The predicted octanol–water partition coefficient (Wildman–Crippen LogP) is 3.40. The van der Waals surface area contributed by atoms with Gasteiger partial charge in [0.1, 0.15) is 17.2 Å². The Labute approximate surface area is 212 Å². The summed E-state index contributed by atoms with van der Waals surface area (Å²) in [6, 6.07) is 18.8. The van der Waals surface area contributed by atoms with Gasteiger partial charge >= 0.3 is 10.1 Å². The second kappa shape index (κ2) is 11.6. The van der Waals surface area contributed by atoms with Gasteiger partial charge < -0.3 is 23.3 Å². The molecule has 0 aliphatic carbocycles. The summed E-state index contributed by atoms with van der Waals surface area (Å²) in [6.45, 7) is 4.18. The number of piperazine rings is 1. The Bertz CT molecular complexity index is 1280. The number of nitrogens with zero attached hydrogens (tertiary/aromatic N) is 3. The van der Waals surface area contributed by atoms with E-state index in [0.717, 1.165) is 49.6 Å². The van der Waals surface area contributed by atoms with Crippen molar-refractivity contribution in [2.24, 2.45) is 0 Å².